The summed E-state index contributed by atoms with van der Waals surface area (Å²) in [6.07, 6.45) is 3.51. The first-order valence-electron chi connectivity index (χ1n) is 13.9. The van der Waals surface area contributed by atoms with E-state index in [-0.39, 0.29) is 18.4 Å². The van der Waals surface area contributed by atoms with Crippen LogP contribution in [0.5, 0.6) is 0 Å². The first-order chi connectivity index (χ1) is 19.0. The van der Waals surface area contributed by atoms with Gasteiger partial charge >= 0.3 is 0 Å². The van der Waals surface area contributed by atoms with Crippen LogP contribution in [-0.4, -0.2) is 27.0 Å². The lowest BCUT2D eigenvalue weighted by Crippen LogP contribution is -2.34. The molecule has 2 unspecified atom stereocenters. The molecule has 0 aliphatic carbocycles. The fraction of sp³-hybridized carbons (Fsp3) is 0.294. The molecule has 0 spiro atoms. The van der Waals surface area contributed by atoms with Crippen LogP contribution in [0.2, 0.25) is 0 Å². The smallest absolute Gasteiger partial charge is 0.228 e. The summed E-state index contributed by atoms with van der Waals surface area (Å²) < 4.78 is 2.25. The van der Waals surface area contributed by atoms with Gasteiger partial charge in [0.2, 0.25) is 5.91 Å². The highest BCUT2D eigenvalue weighted by Gasteiger charge is 2.24. The van der Waals surface area contributed by atoms with Gasteiger partial charge < -0.3 is 10.4 Å². The Kier molecular flexibility index (Phi) is 8.08. The second kappa shape index (κ2) is 11.8. The van der Waals surface area contributed by atoms with Crippen molar-refractivity contribution in [3.05, 3.63) is 119 Å². The molecule has 5 heteroatoms. The molecule has 0 bridgehead atoms. The number of aliphatic hydroxyl groups is 1. The number of fused-ring (bicyclic) bond motifs is 3. The Balaban J connectivity index is 1.42. The van der Waals surface area contributed by atoms with Crippen molar-refractivity contribution in [1.29, 1.82) is 0 Å². The minimum Gasteiger partial charge on any atom is -0.394 e. The van der Waals surface area contributed by atoms with E-state index in [1.165, 1.54) is 27.7 Å². The number of aromatic nitrogens is 2. The van der Waals surface area contributed by atoms with E-state index in [4.69, 9.17) is 4.98 Å². The zero-order valence-corrected chi connectivity index (χ0v) is 23.0. The highest BCUT2D eigenvalue weighted by atomic mass is 16.3. The van der Waals surface area contributed by atoms with E-state index in [0.717, 1.165) is 48.2 Å². The topological polar surface area (TPSA) is 66.6 Å². The maximum absolute atomic E-state index is 13.5. The van der Waals surface area contributed by atoms with Crippen LogP contribution in [0.3, 0.4) is 0 Å². The lowest BCUT2D eigenvalue weighted by Gasteiger charge is -2.22. The zero-order chi connectivity index (χ0) is 27.4. The van der Waals surface area contributed by atoms with Crippen LogP contribution in [0.15, 0.2) is 84.9 Å². The number of nitrogens with zero attached hydrogens (tertiary/aromatic N) is 2. The number of carbonyl (C=O) groups excluding carboxylic acids is 1. The fourth-order valence-electron chi connectivity index (χ4n) is 5.63. The molecule has 5 nitrogen and oxygen atoms in total. The monoisotopic (exact) mass is 519 g/mol. The van der Waals surface area contributed by atoms with Gasteiger partial charge in [-0.3, -0.25) is 9.20 Å². The van der Waals surface area contributed by atoms with Gasteiger partial charge in [0.25, 0.3) is 0 Å². The molecule has 0 aliphatic rings. The first kappa shape index (κ1) is 26.6. The van der Waals surface area contributed by atoms with Gasteiger partial charge in [0, 0.05) is 28.8 Å². The van der Waals surface area contributed by atoms with Crippen LogP contribution in [-0.2, 0) is 11.2 Å². The van der Waals surface area contributed by atoms with Crippen molar-refractivity contribution in [2.45, 2.75) is 58.4 Å². The summed E-state index contributed by atoms with van der Waals surface area (Å²) >= 11 is 0. The maximum atomic E-state index is 13.5. The van der Waals surface area contributed by atoms with Crippen LogP contribution in [0.4, 0.5) is 0 Å². The second-order valence-electron chi connectivity index (χ2n) is 10.5. The molecule has 200 valence electrons. The van der Waals surface area contributed by atoms with Gasteiger partial charge in [-0.25, -0.2) is 4.98 Å². The minimum atomic E-state index is -0.419. The Bertz CT molecular complexity index is 1570. The molecular weight excluding hydrogens is 482 g/mol. The van der Waals surface area contributed by atoms with Crippen LogP contribution in [0.1, 0.15) is 71.8 Å². The molecule has 0 fully saturated rings. The van der Waals surface area contributed by atoms with E-state index >= 15 is 0 Å². The van der Waals surface area contributed by atoms with E-state index in [1.807, 2.05) is 37.3 Å². The summed E-state index contributed by atoms with van der Waals surface area (Å²) in [7, 11) is 0. The molecule has 0 radical (unpaired) electrons. The maximum Gasteiger partial charge on any atom is 0.228 e. The molecule has 0 saturated carbocycles. The molecule has 0 saturated heterocycles. The summed E-state index contributed by atoms with van der Waals surface area (Å²) in [6.45, 7) is 6.18. The van der Waals surface area contributed by atoms with Crippen molar-refractivity contribution in [3.63, 3.8) is 0 Å². The third kappa shape index (κ3) is 5.59. The fourth-order valence-corrected chi connectivity index (χ4v) is 5.63. The lowest BCUT2D eigenvalue weighted by molar-refractivity contribution is -0.123. The van der Waals surface area contributed by atoms with E-state index in [9.17, 15) is 9.90 Å². The number of hydrogen-bond donors (Lipinski definition) is 2. The third-order valence-electron chi connectivity index (χ3n) is 7.63. The summed E-state index contributed by atoms with van der Waals surface area (Å²) in [6, 6.07) is 28.3. The lowest BCUT2D eigenvalue weighted by atomic mass is 9.90. The Labute approximate surface area is 230 Å². The predicted molar refractivity (Wildman–Crippen MR) is 158 cm³/mol. The van der Waals surface area contributed by atoms with Gasteiger partial charge in [0.1, 0.15) is 5.65 Å². The summed E-state index contributed by atoms with van der Waals surface area (Å²) in [5.74, 6) is -0.307. The molecule has 3 aromatic carbocycles. The average molecular weight is 520 g/mol. The molecule has 5 aromatic rings. The molecular formula is C34H37N3O2. The Morgan fingerprint density at radius 1 is 0.949 bits per heavy atom. The van der Waals surface area contributed by atoms with E-state index in [0.29, 0.717) is 0 Å². The normalized spacial score (nSPS) is 13.0. The third-order valence-corrected chi connectivity index (χ3v) is 7.63. The number of carbonyl (C=O) groups is 1. The van der Waals surface area contributed by atoms with Gasteiger partial charge in [-0.15, -0.1) is 0 Å². The molecule has 1 amide bonds. The number of aryl methyl sites for hydroxylation is 2. The number of benzene rings is 3. The molecule has 2 aromatic heterocycles. The summed E-state index contributed by atoms with van der Waals surface area (Å²) in [5, 5.41) is 14.3. The van der Waals surface area contributed by atoms with Gasteiger partial charge in [0.05, 0.1) is 24.1 Å². The minimum absolute atomic E-state index is 0.0429. The molecule has 2 heterocycles. The molecule has 39 heavy (non-hydrogen) atoms. The number of hydrogen-bond acceptors (Lipinski definition) is 3. The zero-order valence-electron chi connectivity index (χ0n) is 23.0. The standard InChI is InChI=1S/C34H37N3O2/c1-4-5-13-28(34(39)36-31(22-38)27-11-7-6-8-12-27)26-18-16-25(17-19-26)21-30-29-14-9-10-15-32(29)37-24(3)20-23(2)35-33(30)37/h6-12,14-20,28,31,38H,4-5,13,21-22H2,1-3H3,(H,36,39). The quantitative estimate of drug-likeness (QED) is 0.213. The molecule has 2 atom stereocenters. The number of para-hydroxylation sites is 1. The van der Waals surface area contributed by atoms with Crippen molar-refractivity contribution in [2.75, 3.05) is 6.61 Å². The highest BCUT2D eigenvalue weighted by Crippen LogP contribution is 2.30. The number of rotatable bonds is 10. The average Bonchev–Trinajstić information content (AvgIpc) is 3.26. The van der Waals surface area contributed by atoms with E-state index < -0.39 is 6.04 Å². The molecule has 5 rings (SSSR count). The summed E-state index contributed by atoms with van der Waals surface area (Å²) in [5.41, 5.74) is 8.70. The van der Waals surface area contributed by atoms with Crippen LogP contribution < -0.4 is 5.32 Å². The van der Waals surface area contributed by atoms with Crippen LogP contribution >= 0.6 is 0 Å². The van der Waals surface area contributed by atoms with Gasteiger partial charge in [-0.05, 0) is 49.1 Å². The largest absolute Gasteiger partial charge is 0.394 e. The first-order valence-corrected chi connectivity index (χ1v) is 13.9. The molecule has 2 N–H and O–H groups in total. The van der Waals surface area contributed by atoms with Crippen molar-refractivity contribution in [2.24, 2.45) is 0 Å². The van der Waals surface area contributed by atoms with Crippen molar-refractivity contribution >= 4 is 22.5 Å². The van der Waals surface area contributed by atoms with Gasteiger partial charge in [-0.2, -0.15) is 0 Å². The van der Waals surface area contributed by atoms with Crippen molar-refractivity contribution in [3.8, 4) is 0 Å². The second-order valence-corrected chi connectivity index (χ2v) is 10.5. The van der Waals surface area contributed by atoms with Gasteiger partial charge in [-0.1, -0.05) is 92.6 Å². The van der Waals surface area contributed by atoms with Crippen molar-refractivity contribution in [1.82, 2.24) is 14.7 Å². The predicted octanol–water partition coefficient (Wildman–Crippen LogP) is 6.82. The van der Waals surface area contributed by atoms with E-state index in [2.05, 4.69) is 78.2 Å². The SMILES string of the molecule is CCCCC(C(=O)NC(CO)c1ccccc1)c1ccc(Cc2c3ccccc3n3c(C)cc(C)nc23)cc1. The van der Waals surface area contributed by atoms with Crippen LogP contribution in [0.25, 0.3) is 16.6 Å². The number of unbranched alkanes of at least 4 members (excludes halogenated alkanes) is 1. The van der Waals surface area contributed by atoms with Crippen LogP contribution in [0, 0.1) is 13.8 Å². The number of nitrogens with one attached hydrogen (secondary N) is 1. The number of amides is 1. The van der Waals surface area contributed by atoms with Crippen molar-refractivity contribution < 1.29 is 9.90 Å². The molecule has 0 aliphatic heterocycles. The Morgan fingerprint density at radius 3 is 2.38 bits per heavy atom. The summed E-state index contributed by atoms with van der Waals surface area (Å²) in [4.78, 5) is 18.4. The number of aliphatic hydroxyl groups excluding tert-OH is 1. The van der Waals surface area contributed by atoms with E-state index in [1.54, 1.807) is 0 Å². The Morgan fingerprint density at radius 2 is 1.67 bits per heavy atom. The highest BCUT2D eigenvalue weighted by molar-refractivity contribution is 5.91. The Hall–Kier alpha value is -3.96. The van der Waals surface area contributed by atoms with Gasteiger partial charge in [0.15, 0.2) is 0 Å².